The second-order valence-corrected chi connectivity index (χ2v) is 13.5. The van der Waals surface area contributed by atoms with Crippen LogP contribution in [0.25, 0.3) is 0 Å². The molecule has 1 aromatic rings. The van der Waals surface area contributed by atoms with Crippen LogP contribution in [0.5, 0.6) is 0 Å². The zero-order chi connectivity index (χ0) is 13.1. The Morgan fingerprint density at radius 1 is 1.28 bits per heavy atom. The van der Waals surface area contributed by atoms with E-state index in [2.05, 4.69) is 19.6 Å². The topological polar surface area (TPSA) is 26.3 Å². The number of halogens is 1. The van der Waals surface area contributed by atoms with Gasteiger partial charge in [-0.25, -0.2) is 0 Å². The summed E-state index contributed by atoms with van der Waals surface area (Å²) in [6, 6.07) is 9.24. The second-order valence-electron chi connectivity index (χ2n) is 4.85. The Labute approximate surface area is 128 Å². The van der Waals surface area contributed by atoms with Gasteiger partial charge in [-0.1, -0.05) is 58.0 Å². The van der Waals surface area contributed by atoms with Crippen molar-refractivity contribution in [2.45, 2.75) is 26.6 Å². The molecule has 96 valence electrons. The molecule has 0 aliphatic heterocycles. The van der Waals surface area contributed by atoms with Gasteiger partial charge in [0.25, 0.3) is 0 Å². The fourth-order valence-electron chi connectivity index (χ4n) is 1.49. The number of hydrogen-bond acceptors (Lipinski definition) is 2. The minimum atomic E-state index is -3.04. The van der Waals surface area contributed by atoms with Crippen molar-refractivity contribution in [3.8, 4) is 0 Å². The molecule has 0 aliphatic carbocycles. The van der Waals surface area contributed by atoms with Crippen LogP contribution in [-0.2, 0) is 9.09 Å². The van der Waals surface area contributed by atoms with E-state index in [1.807, 2.05) is 37.3 Å². The summed E-state index contributed by atoms with van der Waals surface area (Å²) in [7, 11) is -4.86. The monoisotopic (exact) mass is 296 g/mol. The Morgan fingerprint density at radius 3 is 2.17 bits per heavy atom. The third-order valence-electron chi connectivity index (χ3n) is 2.28. The van der Waals surface area contributed by atoms with Gasteiger partial charge in [0.05, 0.1) is 0 Å². The van der Waals surface area contributed by atoms with Gasteiger partial charge in [0.2, 0.25) is 0 Å². The van der Waals surface area contributed by atoms with E-state index < -0.39 is 15.4 Å². The Bertz CT molecular complexity index is 408. The van der Waals surface area contributed by atoms with Crippen molar-refractivity contribution in [3.63, 3.8) is 0 Å². The second kappa shape index (κ2) is 7.34. The predicted octanol–water partition coefficient (Wildman–Crippen LogP) is 1.24. The molecular formula is C12H19ClLiO2PSi. The van der Waals surface area contributed by atoms with E-state index in [-0.39, 0.29) is 18.9 Å². The van der Waals surface area contributed by atoms with E-state index in [4.69, 9.17) is 16.1 Å². The molecule has 0 fully saturated rings. The smallest absolute Gasteiger partial charge is 0.347 e. The maximum Gasteiger partial charge on any atom is 1.00 e. The average Bonchev–Trinajstić information content (AvgIpc) is 2.28. The fraction of sp³-hybridized carbons (Fsp3) is 0.417. The van der Waals surface area contributed by atoms with E-state index >= 15 is 0 Å². The summed E-state index contributed by atoms with van der Waals surface area (Å²) in [5, 5.41) is 0.689. The third-order valence-corrected chi connectivity index (χ3v) is 10.9. The quantitative estimate of drug-likeness (QED) is 0.464. The van der Waals surface area contributed by atoms with Crippen LogP contribution in [0.15, 0.2) is 30.3 Å². The standard InChI is InChI=1S/C12H19ClO2PSi.Li/c1-5-15-16(14,12(13)17(2,3)4)11-9-7-6-8-10-11;/h6-10H,5H2,1-4H3;/q-1;+1. The summed E-state index contributed by atoms with van der Waals surface area (Å²) < 4.78 is 19.1. The Kier molecular flexibility index (Phi) is 7.55. The molecule has 0 radical (unpaired) electrons. The molecule has 0 saturated heterocycles. The Morgan fingerprint density at radius 2 is 1.78 bits per heavy atom. The third kappa shape index (κ3) is 4.27. The molecular weight excluding hydrogens is 278 g/mol. The molecule has 0 amide bonds. The van der Waals surface area contributed by atoms with E-state index in [1.165, 1.54) is 0 Å². The summed E-state index contributed by atoms with van der Waals surface area (Å²) in [6.45, 7) is 8.45. The van der Waals surface area contributed by atoms with Crippen LogP contribution in [0.3, 0.4) is 0 Å². The van der Waals surface area contributed by atoms with Gasteiger partial charge in [0.1, 0.15) is 7.37 Å². The molecule has 1 aromatic carbocycles. The van der Waals surface area contributed by atoms with Crippen molar-refractivity contribution in [1.29, 1.82) is 0 Å². The molecule has 0 saturated carbocycles. The number of rotatable bonds is 5. The first-order valence-corrected chi connectivity index (χ1v) is 11.2. The van der Waals surface area contributed by atoms with Crippen LogP contribution in [0, 0.1) is 4.74 Å². The molecule has 6 heteroatoms. The van der Waals surface area contributed by atoms with Gasteiger partial charge in [-0.2, -0.15) is 0 Å². The normalized spacial score (nSPS) is 15.0. The Hall–Kier alpha value is 0.514. The molecule has 0 bridgehead atoms. The molecule has 1 rings (SSSR count). The molecule has 1 atom stereocenters. The van der Waals surface area contributed by atoms with Crippen LogP contribution in [0.2, 0.25) is 19.6 Å². The molecule has 0 N–H and O–H groups in total. The minimum Gasteiger partial charge on any atom is -0.347 e. The van der Waals surface area contributed by atoms with Crippen LogP contribution < -0.4 is 24.2 Å². The van der Waals surface area contributed by atoms with Crippen molar-refractivity contribution in [2.24, 2.45) is 0 Å². The summed E-state index contributed by atoms with van der Waals surface area (Å²) in [4.78, 5) is 0. The van der Waals surface area contributed by atoms with E-state index in [9.17, 15) is 4.57 Å². The number of benzene rings is 1. The fourth-order valence-corrected chi connectivity index (χ4v) is 7.46. The summed E-state index contributed by atoms with van der Waals surface area (Å²) in [5.41, 5.74) is 0. The first-order chi connectivity index (χ1) is 7.82. The van der Waals surface area contributed by atoms with Crippen molar-refractivity contribution in [1.82, 2.24) is 0 Å². The zero-order valence-electron chi connectivity index (χ0n) is 11.7. The van der Waals surface area contributed by atoms with E-state index in [1.54, 1.807) is 0 Å². The molecule has 18 heavy (non-hydrogen) atoms. The minimum absolute atomic E-state index is 0. The van der Waals surface area contributed by atoms with Gasteiger partial charge in [0, 0.05) is 11.9 Å². The maximum atomic E-state index is 13.0. The maximum absolute atomic E-state index is 13.0. The van der Waals surface area contributed by atoms with Gasteiger partial charge in [-0.05, 0) is 6.92 Å². The van der Waals surface area contributed by atoms with E-state index in [0.717, 1.165) is 0 Å². The molecule has 0 spiro atoms. The van der Waals surface area contributed by atoms with Gasteiger partial charge < -0.3 is 20.7 Å². The molecule has 0 aromatic heterocycles. The van der Waals surface area contributed by atoms with Gasteiger partial charge in [-0.3, -0.25) is 0 Å². The molecule has 1 unspecified atom stereocenters. The molecule has 0 heterocycles. The van der Waals surface area contributed by atoms with Gasteiger partial charge >= 0.3 is 18.9 Å². The van der Waals surface area contributed by atoms with Crippen LogP contribution in [0.4, 0.5) is 0 Å². The van der Waals surface area contributed by atoms with Crippen molar-refractivity contribution in [2.75, 3.05) is 6.61 Å². The van der Waals surface area contributed by atoms with Crippen molar-refractivity contribution >= 4 is 32.3 Å². The first-order valence-electron chi connectivity index (χ1n) is 5.66. The van der Waals surface area contributed by atoms with Gasteiger partial charge in [0.15, 0.2) is 0 Å². The summed E-state index contributed by atoms with van der Waals surface area (Å²) in [5.74, 6) is 0. The Balaban J connectivity index is 0.00000289. The van der Waals surface area contributed by atoms with Crippen LogP contribution >= 0.6 is 19.0 Å². The van der Waals surface area contributed by atoms with Gasteiger partial charge in [-0.15, -0.1) is 4.74 Å². The van der Waals surface area contributed by atoms with E-state index in [0.29, 0.717) is 16.7 Å². The molecule has 0 aliphatic rings. The summed E-state index contributed by atoms with van der Waals surface area (Å²) >= 11 is 6.37. The van der Waals surface area contributed by atoms with Crippen molar-refractivity contribution < 1.29 is 27.9 Å². The summed E-state index contributed by atoms with van der Waals surface area (Å²) in [6.07, 6.45) is 0. The largest absolute Gasteiger partial charge is 1.00 e. The van der Waals surface area contributed by atoms with Crippen molar-refractivity contribution in [3.05, 3.63) is 35.1 Å². The predicted molar refractivity (Wildman–Crippen MR) is 77.8 cm³/mol. The zero-order valence-corrected chi connectivity index (χ0v) is 14.4. The average molecular weight is 297 g/mol. The number of hydrogen-bond donors (Lipinski definition) is 0. The SMILES string of the molecule is CCOP(=O)(c1ccccc1)[C-](Cl)[Si](C)(C)C.[Li+]. The molecule has 2 nitrogen and oxygen atoms in total. The van der Waals surface area contributed by atoms with Crippen LogP contribution in [-0.4, -0.2) is 14.7 Å². The first kappa shape index (κ1) is 18.5. The van der Waals surface area contributed by atoms with Crippen LogP contribution in [0.1, 0.15) is 6.92 Å².